The molecule has 0 bridgehead atoms. The van der Waals surface area contributed by atoms with Crippen LogP contribution in [-0.2, 0) is 16.1 Å². The van der Waals surface area contributed by atoms with Crippen molar-refractivity contribution in [3.05, 3.63) is 33.9 Å². The smallest absolute Gasteiger partial charge is 0.548 e. The van der Waals surface area contributed by atoms with Crippen LogP contribution in [0.5, 0.6) is 0 Å². The molecule has 0 aliphatic carbocycles. The Kier molecular flexibility index (Phi) is 10.6. The van der Waals surface area contributed by atoms with E-state index >= 15 is 4.39 Å². The maximum absolute atomic E-state index is 15.2. The molecule has 3 atom stereocenters. The van der Waals surface area contributed by atoms with E-state index in [0.717, 1.165) is 12.3 Å². The summed E-state index contributed by atoms with van der Waals surface area (Å²) in [5, 5.41) is 22.5. The number of aryl methyl sites for hydroxylation is 1. The average molecular weight is 605 g/mol. The van der Waals surface area contributed by atoms with Crippen LogP contribution in [0.15, 0.2) is 22.1 Å². The fraction of sp³-hybridized carbons (Fsp3) is 0.520. The molecular formula is C25H27FN6Na2O6S. The number of nitrogens with zero attached hydrogens (tertiary/aromatic N) is 6. The molecule has 208 valence electrons. The van der Waals surface area contributed by atoms with Gasteiger partial charge in [0.1, 0.15) is 11.0 Å². The van der Waals surface area contributed by atoms with Gasteiger partial charge in [-0.3, -0.25) is 14.6 Å². The van der Waals surface area contributed by atoms with Gasteiger partial charge in [-0.25, -0.2) is 9.37 Å². The molecule has 3 fully saturated rings. The number of amides is 1. The zero-order valence-corrected chi connectivity index (χ0v) is 28.4. The molecule has 0 saturated carbocycles. The molecule has 41 heavy (non-hydrogen) atoms. The quantitative estimate of drug-likeness (QED) is 0.135. The topological polar surface area (TPSA) is 154 Å². The van der Waals surface area contributed by atoms with Crippen LogP contribution in [-0.4, -0.2) is 91.9 Å². The molecule has 5 heterocycles. The summed E-state index contributed by atoms with van der Waals surface area (Å²) in [6, 6.07) is -0.648. The number of hydrogen-bond donors (Lipinski definition) is 0. The number of halogens is 1. The first-order valence-corrected chi connectivity index (χ1v) is 13.5. The first-order chi connectivity index (χ1) is 18.4. The Morgan fingerprint density at radius 2 is 1.90 bits per heavy atom. The van der Waals surface area contributed by atoms with Crippen LogP contribution in [0.25, 0.3) is 11.0 Å². The number of thioether (sulfide) groups is 1. The van der Waals surface area contributed by atoms with E-state index in [1.54, 1.807) is 32.0 Å². The minimum Gasteiger partial charge on any atom is -0.548 e. The maximum Gasteiger partial charge on any atom is 1.00 e. The van der Waals surface area contributed by atoms with E-state index in [0.29, 0.717) is 39.1 Å². The third kappa shape index (κ3) is 6.06. The number of aliphatic imine (C=N–C) groups is 1. The minimum atomic E-state index is -1.63. The van der Waals surface area contributed by atoms with E-state index in [1.807, 2.05) is 4.90 Å². The maximum atomic E-state index is 15.2. The fourth-order valence-corrected chi connectivity index (χ4v) is 7.04. The van der Waals surface area contributed by atoms with Gasteiger partial charge in [0.15, 0.2) is 23.1 Å². The Balaban J connectivity index is 0.00000231. The molecule has 3 aliphatic rings. The van der Waals surface area contributed by atoms with Crippen molar-refractivity contribution in [2.24, 2.45) is 4.99 Å². The van der Waals surface area contributed by atoms with Crippen LogP contribution in [0.1, 0.15) is 37.6 Å². The molecular weight excluding hydrogens is 577 g/mol. The Labute approximate surface area is 283 Å². The second kappa shape index (κ2) is 12.9. The first kappa shape index (κ1) is 33.8. The van der Waals surface area contributed by atoms with Crippen molar-refractivity contribution >= 4 is 52.8 Å². The number of anilines is 1. The SMILES string of the molecule is CCn1cc(C(=O)[O-])c(=O)c2cc(F)c(N3CCCN(C=N[C@H]4C(=O)N5[C@H]4SC(C)(C)[C@H]5C(=O)[O-])CC3)nc21.[Na+].[Na+]. The van der Waals surface area contributed by atoms with Crippen LogP contribution in [0, 0.1) is 5.82 Å². The standard InChI is InChI=1S/C25H29FN6O6S.2Na/c1-4-30-11-14(23(35)36)17(33)13-10-15(26)20(28-19(13)30)31-7-5-6-29(8-9-31)12-27-16-21(34)32-18(24(37)38)25(2,3)39-22(16)32;;/h10-12,16,18,22H,4-9H2,1-3H3,(H,35,36)(H,37,38);;/q;2*+1/p-2/t16-,18+,22-;;/m0../s1. The summed E-state index contributed by atoms with van der Waals surface area (Å²) < 4.78 is 16.0. The number of carboxylic acids is 2. The number of fused-ring (bicyclic) bond motifs is 2. The number of carbonyl (C=O) groups is 3. The van der Waals surface area contributed by atoms with Crippen molar-refractivity contribution in [2.75, 3.05) is 31.1 Å². The Morgan fingerprint density at radius 3 is 2.54 bits per heavy atom. The van der Waals surface area contributed by atoms with E-state index in [2.05, 4.69) is 9.98 Å². The van der Waals surface area contributed by atoms with Gasteiger partial charge in [-0.05, 0) is 33.3 Å². The molecule has 0 spiro atoms. The van der Waals surface area contributed by atoms with Crippen molar-refractivity contribution in [3.63, 3.8) is 0 Å². The van der Waals surface area contributed by atoms with Crippen LogP contribution < -0.4 is 79.7 Å². The van der Waals surface area contributed by atoms with Gasteiger partial charge in [0.25, 0.3) is 5.91 Å². The third-order valence-corrected chi connectivity index (χ3v) is 8.96. The van der Waals surface area contributed by atoms with Crippen molar-refractivity contribution in [1.82, 2.24) is 19.4 Å². The summed E-state index contributed by atoms with van der Waals surface area (Å²) in [5.41, 5.74) is -1.21. The van der Waals surface area contributed by atoms with Crippen molar-refractivity contribution in [1.29, 1.82) is 0 Å². The minimum absolute atomic E-state index is 0. The number of pyridine rings is 2. The van der Waals surface area contributed by atoms with Crippen molar-refractivity contribution in [3.8, 4) is 0 Å². The van der Waals surface area contributed by atoms with Gasteiger partial charge in [-0.2, -0.15) is 0 Å². The second-order valence-electron chi connectivity index (χ2n) is 10.3. The summed E-state index contributed by atoms with van der Waals surface area (Å²) in [4.78, 5) is 62.1. The molecule has 0 radical (unpaired) electrons. The number of aromatic nitrogens is 2. The molecule has 3 saturated heterocycles. The van der Waals surface area contributed by atoms with E-state index in [9.17, 15) is 29.4 Å². The van der Waals surface area contributed by atoms with Crippen molar-refractivity contribution in [2.45, 2.75) is 55.9 Å². The molecule has 2 aromatic rings. The van der Waals surface area contributed by atoms with Gasteiger partial charge >= 0.3 is 59.1 Å². The molecule has 0 N–H and O–H groups in total. The molecule has 5 rings (SSSR count). The second-order valence-corrected chi connectivity index (χ2v) is 12.0. The molecule has 12 nitrogen and oxygen atoms in total. The van der Waals surface area contributed by atoms with Gasteiger partial charge in [-0.15, -0.1) is 11.8 Å². The molecule has 16 heteroatoms. The van der Waals surface area contributed by atoms with Gasteiger partial charge in [0.05, 0.1) is 35.3 Å². The van der Waals surface area contributed by atoms with Gasteiger partial charge in [0.2, 0.25) is 0 Å². The monoisotopic (exact) mass is 604 g/mol. The Hall–Kier alpha value is -1.68. The summed E-state index contributed by atoms with van der Waals surface area (Å²) >= 11 is 1.40. The largest absolute Gasteiger partial charge is 1.00 e. The molecule has 0 unspecified atom stereocenters. The normalized spacial score (nSPS) is 23.5. The van der Waals surface area contributed by atoms with Crippen LogP contribution in [0.3, 0.4) is 0 Å². The first-order valence-electron chi connectivity index (χ1n) is 12.6. The predicted octanol–water partition coefficient (Wildman–Crippen LogP) is -7.35. The summed E-state index contributed by atoms with van der Waals surface area (Å²) in [6.45, 7) is 7.54. The number of aromatic carboxylic acids is 1. The predicted molar refractivity (Wildman–Crippen MR) is 138 cm³/mol. The Morgan fingerprint density at radius 1 is 1.20 bits per heavy atom. The molecule has 3 aliphatic heterocycles. The molecule has 0 aromatic carbocycles. The van der Waals surface area contributed by atoms with E-state index in [-0.39, 0.29) is 87.2 Å². The fourth-order valence-electron chi connectivity index (χ4n) is 5.43. The number of carbonyl (C=O) groups excluding carboxylic acids is 3. The summed E-state index contributed by atoms with van der Waals surface area (Å²) in [7, 11) is 0. The zero-order chi connectivity index (χ0) is 28.2. The summed E-state index contributed by atoms with van der Waals surface area (Å²) in [6.07, 6.45) is 3.40. The van der Waals surface area contributed by atoms with Crippen LogP contribution >= 0.6 is 11.8 Å². The molecule has 2 aromatic heterocycles. The van der Waals surface area contributed by atoms with Gasteiger partial charge < -0.3 is 39.1 Å². The van der Waals surface area contributed by atoms with Crippen LogP contribution in [0.2, 0.25) is 0 Å². The van der Waals surface area contributed by atoms with Gasteiger partial charge in [-0.1, -0.05) is 0 Å². The third-order valence-electron chi connectivity index (χ3n) is 7.40. The molecule has 1 amide bonds. The van der Waals surface area contributed by atoms with Crippen molar-refractivity contribution < 1.29 is 88.1 Å². The zero-order valence-electron chi connectivity index (χ0n) is 23.6. The number of β-lactam (4-membered cyclic amide) rings is 1. The van der Waals surface area contributed by atoms with Crippen LogP contribution in [0.4, 0.5) is 10.2 Å². The number of rotatable bonds is 6. The number of carboxylic acid groups (broad SMARTS) is 2. The van der Waals surface area contributed by atoms with E-state index < -0.39 is 45.6 Å². The van der Waals surface area contributed by atoms with Gasteiger partial charge in [0, 0.05) is 43.7 Å². The number of hydrogen-bond acceptors (Lipinski definition) is 10. The average Bonchev–Trinajstić information content (AvgIpc) is 2.98. The van der Waals surface area contributed by atoms with E-state index in [4.69, 9.17) is 0 Å². The van der Waals surface area contributed by atoms with E-state index in [1.165, 1.54) is 21.2 Å². The Bertz CT molecular complexity index is 1470. The summed E-state index contributed by atoms with van der Waals surface area (Å²) in [5.74, 6) is -3.92. The number of aliphatic carboxylic acids is 1.